The first-order valence-electron chi connectivity index (χ1n) is 8.69. The lowest BCUT2D eigenvalue weighted by molar-refractivity contribution is -0.111. The SMILES string of the molecule is CCOC(=O)c1cc(Cl)c(NC(=O)/C=C/c2ccc(OC)cc2OC)cc1OC. The molecule has 2 aromatic rings. The molecule has 2 rings (SSSR count). The average molecular weight is 420 g/mol. The number of methoxy groups -OCH3 is 3. The molecule has 1 N–H and O–H groups in total. The number of carbonyl (C=O) groups excluding carboxylic acids is 2. The van der Waals surface area contributed by atoms with E-state index in [1.807, 2.05) is 0 Å². The van der Waals surface area contributed by atoms with Crippen LogP contribution in [-0.2, 0) is 9.53 Å². The third-order valence-electron chi connectivity index (χ3n) is 3.90. The van der Waals surface area contributed by atoms with Crippen molar-refractivity contribution in [3.05, 3.63) is 52.6 Å². The van der Waals surface area contributed by atoms with Crippen molar-refractivity contribution in [2.24, 2.45) is 0 Å². The number of nitrogens with one attached hydrogen (secondary N) is 1. The Bertz CT molecular complexity index is 926. The van der Waals surface area contributed by atoms with Gasteiger partial charge in [0.05, 0.1) is 38.6 Å². The third-order valence-corrected chi connectivity index (χ3v) is 4.21. The van der Waals surface area contributed by atoms with Crippen LogP contribution in [0.2, 0.25) is 5.02 Å². The van der Waals surface area contributed by atoms with E-state index in [9.17, 15) is 9.59 Å². The molecule has 8 heteroatoms. The molecule has 7 nitrogen and oxygen atoms in total. The smallest absolute Gasteiger partial charge is 0.341 e. The maximum Gasteiger partial charge on any atom is 0.341 e. The molecule has 0 saturated heterocycles. The summed E-state index contributed by atoms with van der Waals surface area (Å²) in [7, 11) is 4.50. The Morgan fingerprint density at radius 3 is 2.38 bits per heavy atom. The lowest BCUT2D eigenvalue weighted by Crippen LogP contribution is -2.11. The molecule has 2 aromatic carbocycles. The lowest BCUT2D eigenvalue weighted by atomic mass is 10.1. The standard InChI is InChI=1S/C21H22ClNO6/c1-5-29-21(25)15-11-16(22)17(12-19(15)28-4)23-20(24)9-7-13-6-8-14(26-2)10-18(13)27-3/h6-12H,5H2,1-4H3,(H,23,24)/b9-7+. The van der Waals surface area contributed by atoms with Crippen molar-refractivity contribution >= 4 is 35.2 Å². The van der Waals surface area contributed by atoms with Crippen molar-refractivity contribution in [1.29, 1.82) is 0 Å². The Morgan fingerprint density at radius 1 is 1.03 bits per heavy atom. The zero-order valence-corrected chi connectivity index (χ0v) is 17.3. The van der Waals surface area contributed by atoms with Gasteiger partial charge in [0.2, 0.25) is 5.91 Å². The van der Waals surface area contributed by atoms with Crippen LogP contribution in [0, 0.1) is 0 Å². The van der Waals surface area contributed by atoms with E-state index < -0.39 is 11.9 Å². The fourth-order valence-corrected chi connectivity index (χ4v) is 2.69. The summed E-state index contributed by atoms with van der Waals surface area (Å²) in [4.78, 5) is 24.3. The fourth-order valence-electron chi connectivity index (χ4n) is 2.48. The fraction of sp³-hybridized carbons (Fsp3) is 0.238. The van der Waals surface area contributed by atoms with Crippen LogP contribution in [0.3, 0.4) is 0 Å². The summed E-state index contributed by atoms with van der Waals surface area (Å²) in [5.41, 5.74) is 1.17. The van der Waals surface area contributed by atoms with Gasteiger partial charge in [-0.3, -0.25) is 4.79 Å². The van der Waals surface area contributed by atoms with Crippen LogP contribution in [0.1, 0.15) is 22.8 Å². The van der Waals surface area contributed by atoms with Crippen molar-refractivity contribution in [3.63, 3.8) is 0 Å². The second-order valence-electron chi connectivity index (χ2n) is 5.68. The molecular formula is C21H22ClNO6. The molecular weight excluding hydrogens is 398 g/mol. The average Bonchev–Trinajstić information content (AvgIpc) is 2.73. The topological polar surface area (TPSA) is 83.1 Å². The minimum Gasteiger partial charge on any atom is -0.497 e. The van der Waals surface area contributed by atoms with Gasteiger partial charge in [-0.25, -0.2) is 4.79 Å². The van der Waals surface area contributed by atoms with Crippen LogP contribution in [0.5, 0.6) is 17.2 Å². The molecule has 0 fully saturated rings. The highest BCUT2D eigenvalue weighted by molar-refractivity contribution is 6.34. The summed E-state index contributed by atoms with van der Waals surface area (Å²) in [5, 5.41) is 2.84. The molecule has 0 aliphatic carbocycles. The molecule has 1 amide bonds. The molecule has 0 unspecified atom stereocenters. The van der Waals surface area contributed by atoms with Crippen LogP contribution in [0.15, 0.2) is 36.4 Å². The molecule has 0 aromatic heterocycles. The predicted octanol–water partition coefficient (Wildman–Crippen LogP) is 4.19. The summed E-state index contributed by atoms with van der Waals surface area (Å²) in [6.45, 7) is 1.92. The third kappa shape index (κ3) is 5.65. The summed E-state index contributed by atoms with van der Waals surface area (Å²) in [6, 6.07) is 8.10. The Balaban J connectivity index is 2.20. The number of halogens is 1. The molecule has 0 bridgehead atoms. The van der Waals surface area contributed by atoms with Crippen LogP contribution < -0.4 is 19.5 Å². The molecule has 0 heterocycles. The first-order valence-corrected chi connectivity index (χ1v) is 9.07. The minimum absolute atomic E-state index is 0.177. The largest absolute Gasteiger partial charge is 0.497 e. The van der Waals surface area contributed by atoms with Crippen molar-refractivity contribution in [2.75, 3.05) is 33.3 Å². The first-order chi connectivity index (χ1) is 13.9. The van der Waals surface area contributed by atoms with Gasteiger partial charge in [0.15, 0.2) is 0 Å². The van der Waals surface area contributed by atoms with Gasteiger partial charge < -0.3 is 24.3 Å². The quantitative estimate of drug-likeness (QED) is 0.510. The molecule has 154 valence electrons. The van der Waals surface area contributed by atoms with Crippen molar-refractivity contribution in [3.8, 4) is 17.2 Å². The van der Waals surface area contributed by atoms with E-state index in [4.69, 9.17) is 30.5 Å². The lowest BCUT2D eigenvalue weighted by Gasteiger charge is -2.12. The zero-order valence-electron chi connectivity index (χ0n) is 16.6. The van der Waals surface area contributed by atoms with E-state index in [1.54, 1.807) is 38.3 Å². The molecule has 0 spiro atoms. The Labute approximate surface area is 174 Å². The number of amides is 1. The van der Waals surface area contributed by atoms with Crippen molar-refractivity contribution in [2.45, 2.75) is 6.92 Å². The highest BCUT2D eigenvalue weighted by Crippen LogP contribution is 2.32. The van der Waals surface area contributed by atoms with Crippen LogP contribution in [0.25, 0.3) is 6.08 Å². The van der Waals surface area contributed by atoms with E-state index in [2.05, 4.69) is 5.32 Å². The summed E-state index contributed by atoms with van der Waals surface area (Å²) < 4.78 is 20.6. The van der Waals surface area contributed by atoms with Gasteiger partial charge in [-0.2, -0.15) is 0 Å². The van der Waals surface area contributed by atoms with E-state index in [1.165, 1.54) is 32.4 Å². The monoisotopic (exact) mass is 419 g/mol. The van der Waals surface area contributed by atoms with E-state index >= 15 is 0 Å². The van der Waals surface area contributed by atoms with Gasteiger partial charge in [-0.05, 0) is 31.2 Å². The van der Waals surface area contributed by atoms with Gasteiger partial charge in [0.25, 0.3) is 0 Å². The molecule has 0 atom stereocenters. The summed E-state index contributed by atoms with van der Waals surface area (Å²) in [6.07, 6.45) is 2.94. The van der Waals surface area contributed by atoms with Gasteiger partial charge >= 0.3 is 5.97 Å². The van der Waals surface area contributed by atoms with Gasteiger partial charge in [0.1, 0.15) is 22.8 Å². The van der Waals surface area contributed by atoms with Gasteiger partial charge in [-0.1, -0.05) is 11.6 Å². The maximum atomic E-state index is 12.3. The Morgan fingerprint density at radius 2 is 1.76 bits per heavy atom. The molecule has 0 aliphatic rings. The second-order valence-corrected chi connectivity index (χ2v) is 6.09. The van der Waals surface area contributed by atoms with E-state index in [0.29, 0.717) is 22.7 Å². The molecule has 0 radical (unpaired) electrons. The Kier molecular flexibility index (Phi) is 7.91. The number of benzene rings is 2. The highest BCUT2D eigenvalue weighted by atomic mass is 35.5. The number of esters is 1. The summed E-state index contributed by atoms with van der Waals surface area (Å²) >= 11 is 6.21. The number of rotatable bonds is 8. The number of ether oxygens (including phenoxy) is 4. The van der Waals surface area contributed by atoms with Crippen molar-refractivity contribution in [1.82, 2.24) is 0 Å². The minimum atomic E-state index is -0.560. The first kappa shape index (κ1) is 22.1. The van der Waals surface area contributed by atoms with Gasteiger partial charge in [0, 0.05) is 23.8 Å². The van der Waals surface area contributed by atoms with Crippen LogP contribution >= 0.6 is 11.6 Å². The summed E-state index contributed by atoms with van der Waals surface area (Å²) in [5.74, 6) is 0.464. The number of hydrogen-bond acceptors (Lipinski definition) is 6. The normalized spacial score (nSPS) is 10.5. The Hall–Kier alpha value is -3.19. The number of hydrogen-bond donors (Lipinski definition) is 1. The van der Waals surface area contributed by atoms with E-state index in [0.717, 1.165) is 0 Å². The number of carbonyl (C=O) groups is 2. The molecule has 0 saturated carbocycles. The van der Waals surface area contributed by atoms with Crippen molar-refractivity contribution < 1.29 is 28.5 Å². The highest BCUT2D eigenvalue weighted by Gasteiger charge is 2.17. The number of anilines is 1. The van der Waals surface area contributed by atoms with Crippen LogP contribution in [-0.4, -0.2) is 39.8 Å². The second kappa shape index (κ2) is 10.4. The maximum absolute atomic E-state index is 12.3. The predicted molar refractivity (Wildman–Crippen MR) is 111 cm³/mol. The zero-order chi connectivity index (χ0) is 21.4. The van der Waals surface area contributed by atoms with Crippen LogP contribution in [0.4, 0.5) is 5.69 Å². The molecule has 29 heavy (non-hydrogen) atoms. The van der Waals surface area contributed by atoms with E-state index in [-0.39, 0.29) is 22.9 Å². The van der Waals surface area contributed by atoms with Gasteiger partial charge in [-0.15, -0.1) is 0 Å². The molecule has 0 aliphatic heterocycles.